The fourth-order valence-corrected chi connectivity index (χ4v) is 4.49. The second kappa shape index (κ2) is 10.0. The van der Waals surface area contributed by atoms with Gasteiger partial charge in [-0.05, 0) is 43.3 Å². The van der Waals surface area contributed by atoms with Crippen LogP contribution in [0.25, 0.3) is 22.7 Å². The molecule has 0 saturated carbocycles. The molecule has 32 heavy (non-hydrogen) atoms. The minimum atomic E-state index is -0.523. The zero-order valence-electron chi connectivity index (χ0n) is 16.8. The van der Waals surface area contributed by atoms with E-state index in [-0.39, 0.29) is 23.8 Å². The van der Waals surface area contributed by atoms with Crippen molar-refractivity contribution in [3.8, 4) is 22.7 Å². The van der Waals surface area contributed by atoms with Crippen molar-refractivity contribution in [3.63, 3.8) is 0 Å². The summed E-state index contributed by atoms with van der Waals surface area (Å²) in [6, 6.07) is 10.7. The summed E-state index contributed by atoms with van der Waals surface area (Å²) in [6.45, 7) is 1.94. The summed E-state index contributed by atoms with van der Waals surface area (Å²) < 4.78 is 10.6. The number of anilines is 1. The summed E-state index contributed by atoms with van der Waals surface area (Å²) in [5.74, 6) is 0.342. The molecule has 0 radical (unpaired) electrons. The van der Waals surface area contributed by atoms with Crippen LogP contribution in [0.1, 0.15) is 17.3 Å². The quantitative estimate of drug-likeness (QED) is 0.254. The highest BCUT2D eigenvalue weighted by Gasteiger charge is 2.24. The fourth-order valence-electron chi connectivity index (χ4n) is 2.81. The number of hydrogen-bond donors (Lipinski definition) is 2. The van der Waals surface area contributed by atoms with Gasteiger partial charge in [-0.15, -0.1) is 16.4 Å². The van der Waals surface area contributed by atoms with Gasteiger partial charge in [-0.2, -0.15) is 0 Å². The van der Waals surface area contributed by atoms with Crippen molar-refractivity contribution in [1.29, 1.82) is 0 Å². The van der Waals surface area contributed by atoms with E-state index in [4.69, 9.17) is 20.8 Å². The van der Waals surface area contributed by atoms with E-state index >= 15 is 0 Å². The molecule has 0 saturated heterocycles. The molecular weight excluding hydrogens is 472 g/mol. The number of amides is 1. The number of ether oxygens (including phenoxy) is 1. The first-order chi connectivity index (χ1) is 15.5. The largest absolute Gasteiger partial charge is 0.464 e. The summed E-state index contributed by atoms with van der Waals surface area (Å²) in [5.41, 5.74) is 1.68. The molecule has 0 atom stereocenters. The number of nitrogens with one attached hydrogen (secondary N) is 2. The number of furan rings is 1. The molecule has 4 aromatic rings. The molecule has 1 amide bonds. The van der Waals surface area contributed by atoms with Gasteiger partial charge in [0.05, 0.1) is 18.6 Å². The number of H-pyrrole nitrogens is 1. The van der Waals surface area contributed by atoms with E-state index in [0.29, 0.717) is 32.3 Å². The Labute approximate surface area is 196 Å². The lowest BCUT2D eigenvalue weighted by atomic mass is 10.1. The van der Waals surface area contributed by atoms with Crippen molar-refractivity contribution in [1.82, 2.24) is 15.2 Å². The molecule has 0 bridgehead atoms. The normalized spacial score (nSPS) is 10.8. The van der Waals surface area contributed by atoms with E-state index < -0.39 is 5.97 Å². The Hall–Kier alpha value is -3.08. The maximum absolute atomic E-state index is 12.5. The maximum atomic E-state index is 12.5. The van der Waals surface area contributed by atoms with Crippen LogP contribution in [0, 0.1) is 0 Å². The molecule has 2 N–H and O–H groups in total. The van der Waals surface area contributed by atoms with Gasteiger partial charge in [0.15, 0.2) is 5.82 Å². The number of esters is 1. The van der Waals surface area contributed by atoms with Crippen LogP contribution < -0.4 is 5.32 Å². The number of benzene rings is 1. The van der Waals surface area contributed by atoms with E-state index in [2.05, 4.69) is 20.5 Å². The lowest BCUT2D eigenvalue weighted by molar-refractivity contribution is -0.113. The highest BCUT2D eigenvalue weighted by atomic mass is 35.5. The number of rotatable bonds is 8. The number of hydrogen-bond acceptors (Lipinski definition) is 8. The Bertz CT molecular complexity index is 1220. The average Bonchev–Trinajstić information content (AvgIpc) is 3.53. The summed E-state index contributed by atoms with van der Waals surface area (Å²) in [6.07, 6.45) is 1.52. The molecule has 0 aliphatic carbocycles. The Morgan fingerprint density at radius 2 is 2.09 bits per heavy atom. The molecule has 0 aliphatic rings. The summed E-state index contributed by atoms with van der Waals surface area (Å²) in [4.78, 5) is 29.4. The van der Waals surface area contributed by atoms with Crippen LogP contribution in [-0.4, -0.2) is 39.4 Å². The van der Waals surface area contributed by atoms with Gasteiger partial charge in [0.2, 0.25) is 11.1 Å². The predicted molar refractivity (Wildman–Crippen MR) is 124 cm³/mol. The van der Waals surface area contributed by atoms with Crippen LogP contribution in [0.2, 0.25) is 5.02 Å². The third-order valence-corrected chi connectivity index (χ3v) is 6.22. The molecule has 8 nitrogen and oxygen atoms in total. The number of nitrogens with zero attached hydrogens (tertiary/aromatic N) is 2. The number of thiophene rings is 1. The molecule has 3 heterocycles. The van der Waals surface area contributed by atoms with Crippen molar-refractivity contribution in [2.75, 3.05) is 17.7 Å². The highest BCUT2D eigenvalue weighted by molar-refractivity contribution is 7.99. The lowest BCUT2D eigenvalue weighted by Crippen LogP contribution is -2.16. The fraction of sp³-hybridized carbons (Fsp3) is 0.143. The number of aromatic amines is 1. The SMILES string of the molecule is CCOC(=O)c1c(-c2ccco2)csc1NC(=O)CSc1n[nH]c(-c2ccc(Cl)cc2)n1. The molecule has 1 aromatic carbocycles. The second-order valence-electron chi connectivity index (χ2n) is 6.36. The van der Waals surface area contributed by atoms with Crippen LogP contribution in [-0.2, 0) is 9.53 Å². The molecule has 164 valence electrons. The van der Waals surface area contributed by atoms with Gasteiger partial charge in [-0.1, -0.05) is 23.4 Å². The van der Waals surface area contributed by atoms with Crippen molar-refractivity contribution in [2.24, 2.45) is 0 Å². The molecular formula is C21H17ClN4O4S2. The average molecular weight is 489 g/mol. The highest BCUT2D eigenvalue weighted by Crippen LogP contribution is 2.36. The molecule has 3 aromatic heterocycles. The molecule has 11 heteroatoms. The van der Waals surface area contributed by atoms with Crippen LogP contribution >= 0.6 is 34.7 Å². The minimum Gasteiger partial charge on any atom is -0.464 e. The third-order valence-electron chi connectivity index (χ3n) is 4.23. The maximum Gasteiger partial charge on any atom is 0.341 e. The molecule has 0 unspecified atom stereocenters. The van der Waals surface area contributed by atoms with Crippen molar-refractivity contribution >= 4 is 51.6 Å². The number of carbonyl (C=O) groups is 2. The van der Waals surface area contributed by atoms with E-state index in [9.17, 15) is 9.59 Å². The molecule has 0 fully saturated rings. The molecule has 0 spiro atoms. The van der Waals surface area contributed by atoms with Crippen molar-refractivity contribution in [2.45, 2.75) is 12.1 Å². The Morgan fingerprint density at radius 3 is 2.81 bits per heavy atom. The third kappa shape index (κ3) is 5.04. The zero-order chi connectivity index (χ0) is 22.5. The standard InChI is InChI=1S/C21H17ClN4O4S2/c1-2-29-20(28)17-14(15-4-3-9-30-15)10-31-19(17)23-16(27)11-32-21-24-18(25-26-21)12-5-7-13(22)8-6-12/h3-10H,2,11H2,1H3,(H,23,27)(H,24,25,26). The topological polar surface area (TPSA) is 110 Å². The predicted octanol–water partition coefficient (Wildman–Crippen LogP) is 5.35. The van der Waals surface area contributed by atoms with Gasteiger partial charge in [-0.3, -0.25) is 9.89 Å². The zero-order valence-corrected chi connectivity index (χ0v) is 19.1. The van der Waals surface area contributed by atoms with Crippen LogP contribution in [0.15, 0.2) is 57.6 Å². The second-order valence-corrected chi connectivity index (χ2v) is 8.62. The lowest BCUT2D eigenvalue weighted by Gasteiger charge is -2.07. The number of thioether (sulfide) groups is 1. The minimum absolute atomic E-state index is 0.0637. The Balaban J connectivity index is 1.43. The van der Waals surface area contributed by atoms with Crippen LogP contribution in [0.4, 0.5) is 5.00 Å². The van der Waals surface area contributed by atoms with Gasteiger partial charge in [0.1, 0.15) is 16.3 Å². The van der Waals surface area contributed by atoms with Gasteiger partial charge >= 0.3 is 5.97 Å². The van der Waals surface area contributed by atoms with Crippen LogP contribution in [0.3, 0.4) is 0 Å². The smallest absolute Gasteiger partial charge is 0.341 e. The summed E-state index contributed by atoms with van der Waals surface area (Å²) in [5, 5.41) is 13.0. The molecule has 4 rings (SSSR count). The number of halogens is 1. The van der Waals surface area contributed by atoms with Gasteiger partial charge in [0.25, 0.3) is 0 Å². The number of carbonyl (C=O) groups excluding carboxylic acids is 2. The van der Waals surface area contributed by atoms with Gasteiger partial charge in [0, 0.05) is 21.5 Å². The summed E-state index contributed by atoms with van der Waals surface area (Å²) >= 11 is 8.31. The van der Waals surface area contributed by atoms with E-state index in [1.165, 1.54) is 29.4 Å². The Morgan fingerprint density at radius 1 is 1.28 bits per heavy atom. The van der Waals surface area contributed by atoms with E-state index in [1.807, 2.05) is 12.1 Å². The first-order valence-corrected chi connectivity index (χ1v) is 11.7. The van der Waals surface area contributed by atoms with Crippen molar-refractivity contribution < 1.29 is 18.7 Å². The first-order valence-electron chi connectivity index (χ1n) is 9.48. The number of aromatic nitrogens is 3. The van der Waals surface area contributed by atoms with Gasteiger partial charge in [-0.25, -0.2) is 9.78 Å². The van der Waals surface area contributed by atoms with E-state index in [0.717, 1.165) is 5.56 Å². The van der Waals surface area contributed by atoms with Crippen LogP contribution in [0.5, 0.6) is 0 Å². The van der Waals surface area contributed by atoms with Crippen molar-refractivity contribution in [3.05, 3.63) is 58.6 Å². The van der Waals surface area contributed by atoms with E-state index in [1.54, 1.807) is 36.6 Å². The van der Waals surface area contributed by atoms with Gasteiger partial charge < -0.3 is 14.5 Å². The monoisotopic (exact) mass is 488 g/mol. The molecule has 0 aliphatic heterocycles. The summed E-state index contributed by atoms with van der Waals surface area (Å²) in [7, 11) is 0. The Kier molecular flexibility index (Phi) is 6.93. The first kappa shape index (κ1) is 22.1.